The number of halogens is 2. The summed E-state index contributed by atoms with van der Waals surface area (Å²) >= 11 is 1.35. The number of pyridine rings is 1. The maximum Gasteiger partial charge on any atom is 0.245 e. The third-order valence-electron chi connectivity index (χ3n) is 7.46. The van der Waals surface area contributed by atoms with Crippen LogP contribution in [-0.4, -0.2) is 61.9 Å². The molecular weight excluding hydrogens is 482 g/mol. The predicted octanol–water partition coefficient (Wildman–Crippen LogP) is 4.76. The number of hydrogen-bond donors (Lipinski definition) is 2. The van der Waals surface area contributed by atoms with Gasteiger partial charge in [-0.2, -0.15) is 4.39 Å². The fourth-order valence-corrected chi connectivity index (χ4v) is 5.99. The molecule has 0 unspecified atom stereocenters. The Balaban J connectivity index is 1.26. The minimum Gasteiger partial charge on any atom is -0.507 e. The van der Waals surface area contributed by atoms with E-state index >= 15 is 4.39 Å². The number of fused-ring (bicyclic) bond motifs is 2. The van der Waals surface area contributed by atoms with E-state index in [0.29, 0.717) is 39.4 Å². The summed E-state index contributed by atoms with van der Waals surface area (Å²) in [5, 5.41) is 23.5. The van der Waals surface area contributed by atoms with E-state index in [1.54, 1.807) is 30.5 Å². The summed E-state index contributed by atoms with van der Waals surface area (Å²) in [6, 6.07) is 8.43. The molecule has 0 radical (unpaired) electrons. The molecule has 2 aromatic heterocycles. The molecule has 2 N–H and O–H groups in total. The molecular formula is C26H28F2N6OS. The summed E-state index contributed by atoms with van der Waals surface area (Å²) in [6.07, 6.45) is 8.22. The first-order valence-electron chi connectivity index (χ1n) is 12.4. The number of phenolic OH excluding ortho intramolecular Hbond substituents is 1. The van der Waals surface area contributed by atoms with Gasteiger partial charge in [0.1, 0.15) is 17.6 Å². The number of aromatic nitrogens is 4. The first kappa shape index (κ1) is 23.5. The van der Waals surface area contributed by atoms with Crippen molar-refractivity contribution in [3.05, 3.63) is 42.5 Å². The third kappa shape index (κ3) is 4.52. The molecule has 4 heterocycles. The van der Waals surface area contributed by atoms with Gasteiger partial charge in [-0.25, -0.2) is 14.4 Å². The lowest BCUT2D eigenvalue weighted by atomic mass is 9.82. The van der Waals surface area contributed by atoms with E-state index in [9.17, 15) is 9.50 Å². The number of benzene rings is 1. The lowest BCUT2D eigenvalue weighted by molar-refractivity contribution is 0.103. The van der Waals surface area contributed by atoms with Crippen LogP contribution in [0.25, 0.3) is 22.4 Å². The van der Waals surface area contributed by atoms with Gasteiger partial charge < -0.3 is 15.3 Å². The van der Waals surface area contributed by atoms with Gasteiger partial charge in [0.05, 0.1) is 17.3 Å². The molecule has 1 aliphatic carbocycles. The van der Waals surface area contributed by atoms with Crippen molar-refractivity contribution in [2.24, 2.45) is 0 Å². The Labute approximate surface area is 212 Å². The lowest BCUT2D eigenvalue weighted by Crippen LogP contribution is -2.62. The summed E-state index contributed by atoms with van der Waals surface area (Å²) < 4.78 is 29.3. The third-order valence-corrected chi connectivity index (χ3v) is 8.09. The SMILES string of the molecule is CSc1cc(-c2ccc(-c3cnc(N(C4CC4)[C@H]4C[C@@H]5CCC[C@H](N5)[C@H]4F)nn3)c(O)c2)cc(F)n1. The Morgan fingerprint density at radius 3 is 2.67 bits per heavy atom. The summed E-state index contributed by atoms with van der Waals surface area (Å²) in [6.45, 7) is 0. The van der Waals surface area contributed by atoms with Crippen molar-refractivity contribution in [1.29, 1.82) is 0 Å². The summed E-state index contributed by atoms with van der Waals surface area (Å²) in [7, 11) is 0. The number of alkyl halides is 1. The maximum atomic E-state index is 15.4. The highest BCUT2D eigenvalue weighted by Crippen LogP contribution is 2.39. The Hall–Kier alpha value is -2.85. The highest BCUT2D eigenvalue weighted by atomic mass is 32.2. The monoisotopic (exact) mass is 510 g/mol. The van der Waals surface area contributed by atoms with E-state index < -0.39 is 12.1 Å². The molecule has 0 spiro atoms. The van der Waals surface area contributed by atoms with Gasteiger partial charge in [0, 0.05) is 29.8 Å². The van der Waals surface area contributed by atoms with Crippen molar-refractivity contribution in [3.8, 4) is 28.1 Å². The van der Waals surface area contributed by atoms with Gasteiger partial charge in [-0.15, -0.1) is 22.0 Å². The number of nitrogens with zero attached hydrogens (tertiary/aromatic N) is 5. The van der Waals surface area contributed by atoms with E-state index in [4.69, 9.17) is 0 Å². The largest absolute Gasteiger partial charge is 0.507 e. The fourth-order valence-electron chi connectivity index (χ4n) is 5.57. The Kier molecular flexibility index (Phi) is 6.25. The molecule has 3 aliphatic rings. The van der Waals surface area contributed by atoms with Gasteiger partial charge >= 0.3 is 0 Å². The van der Waals surface area contributed by atoms with E-state index in [1.165, 1.54) is 17.8 Å². The van der Waals surface area contributed by atoms with Crippen molar-refractivity contribution in [1.82, 2.24) is 25.5 Å². The molecule has 3 aromatic rings. The molecule has 2 aliphatic heterocycles. The molecule has 7 nitrogen and oxygen atoms in total. The van der Waals surface area contributed by atoms with Crippen molar-refractivity contribution < 1.29 is 13.9 Å². The number of anilines is 1. The topological polar surface area (TPSA) is 87.1 Å². The van der Waals surface area contributed by atoms with Crippen LogP contribution in [0.5, 0.6) is 5.75 Å². The van der Waals surface area contributed by atoms with Gasteiger partial charge in [0.2, 0.25) is 11.9 Å². The minimum absolute atomic E-state index is 0.00618. The first-order chi connectivity index (χ1) is 17.5. The van der Waals surface area contributed by atoms with Gasteiger partial charge in [0.15, 0.2) is 0 Å². The second-order valence-electron chi connectivity index (χ2n) is 9.88. The fraction of sp³-hybridized carbons (Fsp3) is 0.462. The standard InChI is InChI=1S/C26H28F2N6OS/c1-36-24-11-15(10-23(27)31-24)14-5-8-18(22(35)9-14)20-13-29-26(33-32-20)34(17-6-7-17)21-12-16-3-2-4-19(30-16)25(21)28/h5,8-11,13,16-17,19,21,25,30,35H,2-4,6-7,12H2,1H3/t16-,19-,21-,25+/m0/s1. The van der Waals surface area contributed by atoms with E-state index in [1.807, 2.05) is 6.26 Å². The van der Waals surface area contributed by atoms with Gasteiger partial charge in [-0.3, -0.25) is 0 Å². The minimum atomic E-state index is -0.966. The molecule has 3 fully saturated rings. The summed E-state index contributed by atoms with van der Waals surface area (Å²) in [5.74, 6) is -0.130. The first-order valence-corrected chi connectivity index (χ1v) is 13.7. The van der Waals surface area contributed by atoms with Crippen LogP contribution in [0.15, 0.2) is 41.6 Å². The normalized spacial score (nSPS) is 25.5. The maximum absolute atomic E-state index is 15.4. The number of nitrogens with one attached hydrogen (secondary N) is 1. The highest BCUT2D eigenvalue weighted by Gasteiger charge is 2.47. The zero-order chi connectivity index (χ0) is 24.8. The second-order valence-corrected chi connectivity index (χ2v) is 10.7. The van der Waals surface area contributed by atoms with E-state index in [-0.39, 0.29) is 23.9 Å². The molecule has 2 saturated heterocycles. The van der Waals surface area contributed by atoms with Crippen LogP contribution in [0, 0.1) is 5.95 Å². The number of piperidine rings is 2. The molecule has 6 rings (SSSR count). The van der Waals surface area contributed by atoms with Crippen molar-refractivity contribution in [2.45, 2.75) is 73.9 Å². The van der Waals surface area contributed by atoms with Crippen LogP contribution >= 0.6 is 11.8 Å². The van der Waals surface area contributed by atoms with Gasteiger partial charge in [0.25, 0.3) is 0 Å². The van der Waals surface area contributed by atoms with Crippen molar-refractivity contribution >= 4 is 17.7 Å². The molecule has 10 heteroatoms. The van der Waals surface area contributed by atoms with E-state index in [2.05, 4.69) is 30.4 Å². The number of phenols is 1. The molecule has 188 valence electrons. The number of rotatable bonds is 6. The van der Waals surface area contributed by atoms with Gasteiger partial charge in [-0.05, 0) is 67.7 Å². The molecule has 0 amide bonds. The zero-order valence-corrected chi connectivity index (χ0v) is 20.8. The Bertz CT molecular complexity index is 1260. The van der Waals surface area contributed by atoms with Crippen LogP contribution in [0.2, 0.25) is 0 Å². The molecule has 1 aromatic carbocycles. The average molecular weight is 511 g/mol. The molecule has 4 atom stereocenters. The van der Waals surface area contributed by atoms with Crippen molar-refractivity contribution in [3.63, 3.8) is 0 Å². The highest BCUT2D eigenvalue weighted by molar-refractivity contribution is 7.98. The lowest BCUT2D eigenvalue weighted by Gasteiger charge is -2.46. The number of hydrogen-bond acceptors (Lipinski definition) is 8. The van der Waals surface area contributed by atoms with Crippen LogP contribution in [-0.2, 0) is 0 Å². The number of aromatic hydroxyl groups is 1. The summed E-state index contributed by atoms with van der Waals surface area (Å²) in [4.78, 5) is 10.5. The summed E-state index contributed by atoms with van der Waals surface area (Å²) in [5.41, 5.74) is 2.18. The van der Waals surface area contributed by atoms with Crippen LogP contribution in [0.4, 0.5) is 14.7 Å². The Morgan fingerprint density at radius 1 is 1.08 bits per heavy atom. The van der Waals surface area contributed by atoms with Crippen LogP contribution < -0.4 is 10.2 Å². The van der Waals surface area contributed by atoms with Crippen molar-refractivity contribution in [2.75, 3.05) is 11.2 Å². The smallest absolute Gasteiger partial charge is 0.245 e. The average Bonchev–Trinajstić information content (AvgIpc) is 3.73. The number of thioether (sulfide) groups is 1. The molecule has 2 bridgehead atoms. The Morgan fingerprint density at radius 2 is 1.94 bits per heavy atom. The second kappa shape index (κ2) is 9.55. The van der Waals surface area contributed by atoms with Gasteiger partial charge in [-0.1, -0.05) is 12.5 Å². The quantitative estimate of drug-likeness (QED) is 0.363. The zero-order valence-electron chi connectivity index (χ0n) is 19.9. The van der Waals surface area contributed by atoms with Crippen LogP contribution in [0.1, 0.15) is 38.5 Å². The van der Waals surface area contributed by atoms with E-state index in [0.717, 1.165) is 38.5 Å². The van der Waals surface area contributed by atoms with Crippen LogP contribution in [0.3, 0.4) is 0 Å². The molecule has 36 heavy (non-hydrogen) atoms. The predicted molar refractivity (Wildman–Crippen MR) is 135 cm³/mol. The molecule has 1 saturated carbocycles.